The zero-order valence-electron chi connectivity index (χ0n) is 9.99. The first-order chi connectivity index (χ1) is 7.28. The molecule has 1 aliphatic heterocycles. The van der Waals surface area contributed by atoms with Gasteiger partial charge in [0.1, 0.15) is 0 Å². The maximum absolute atomic E-state index is 9.49. The van der Waals surface area contributed by atoms with Crippen molar-refractivity contribution in [3.63, 3.8) is 0 Å². The molecule has 2 fully saturated rings. The van der Waals surface area contributed by atoms with Gasteiger partial charge in [-0.25, -0.2) is 0 Å². The maximum atomic E-state index is 9.49. The van der Waals surface area contributed by atoms with Gasteiger partial charge in [-0.15, -0.1) is 0 Å². The number of likely N-dealkylation sites (tertiary alicyclic amines) is 1. The van der Waals surface area contributed by atoms with Crippen LogP contribution in [0.5, 0.6) is 0 Å². The number of aliphatic hydroxyl groups excluding tert-OH is 1. The number of rotatable bonds is 3. The van der Waals surface area contributed by atoms with Crippen LogP contribution < -0.4 is 0 Å². The second kappa shape index (κ2) is 5.31. The largest absolute Gasteiger partial charge is 0.392 e. The minimum absolute atomic E-state index is 0.0458. The van der Waals surface area contributed by atoms with E-state index in [2.05, 4.69) is 11.8 Å². The van der Waals surface area contributed by atoms with Gasteiger partial charge in [-0.3, -0.25) is 0 Å². The number of nitrogens with zero attached hydrogens (tertiary/aromatic N) is 1. The van der Waals surface area contributed by atoms with Gasteiger partial charge in [0.2, 0.25) is 0 Å². The van der Waals surface area contributed by atoms with Gasteiger partial charge in [-0.2, -0.15) is 0 Å². The molecule has 0 radical (unpaired) electrons. The van der Waals surface area contributed by atoms with Crippen molar-refractivity contribution < 1.29 is 5.11 Å². The molecule has 2 heteroatoms. The van der Waals surface area contributed by atoms with Crippen LogP contribution in [0.15, 0.2) is 0 Å². The monoisotopic (exact) mass is 211 g/mol. The molecule has 1 saturated carbocycles. The molecule has 0 amide bonds. The molecule has 2 unspecified atom stereocenters. The molecule has 1 saturated heterocycles. The summed E-state index contributed by atoms with van der Waals surface area (Å²) in [6.07, 6.45) is 8.04. The van der Waals surface area contributed by atoms with Crippen LogP contribution in [0.25, 0.3) is 0 Å². The van der Waals surface area contributed by atoms with Crippen LogP contribution in [0.4, 0.5) is 0 Å². The van der Waals surface area contributed by atoms with Gasteiger partial charge >= 0.3 is 0 Å². The van der Waals surface area contributed by atoms with Crippen molar-refractivity contribution in [1.82, 2.24) is 4.90 Å². The van der Waals surface area contributed by atoms with Gasteiger partial charge in [0.15, 0.2) is 0 Å². The molecule has 2 aliphatic rings. The lowest BCUT2D eigenvalue weighted by molar-refractivity contribution is 0.154. The summed E-state index contributed by atoms with van der Waals surface area (Å²) in [4.78, 5) is 2.47. The summed E-state index contributed by atoms with van der Waals surface area (Å²) in [5.74, 6) is 1.89. The van der Waals surface area contributed by atoms with Crippen LogP contribution in [0.2, 0.25) is 0 Å². The van der Waals surface area contributed by atoms with Crippen molar-refractivity contribution in [3.8, 4) is 0 Å². The minimum Gasteiger partial charge on any atom is -0.392 e. The standard InChI is InChI=1S/C13H25NO/c1-2-11-4-3-5-12(8-11)9-14-7-6-13(15)10-14/h11-13,15H,2-10H2,1H3/t11?,12?,13-/m1/s1. The van der Waals surface area contributed by atoms with Crippen molar-refractivity contribution in [1.29, 1.82) is 0 Å². The van der Waals surface area contributed by atoms with E-state index in [1.807, 2.05) is 0 Å². The van der Waals surface area contributed by atoms with Crippen molar-refractivity contribution in [3.05, 3.63) is 0 Å². The Labute approximate surface area is 93.7 Å². The summed E-state index contributed by atoms with van der Waals surface area (Å²) in [6.45, 7) is 5.61. The van der Waals surface area contributed by atoms with Crippen LogP contribution >= 0.6 is 0 Å². The normalized spacial score (nSPS) is 38.4. The third-order valence-corrected chi connectivity index (χ3v) is 4.23. The molecule has 15 heavy (non-hydrogen) atoms. The molecule has 0 spiro atoms. The van der Waals surface area contributed by atoms with E-state index in [0.717, 1.165) is 31.3 Å². The molecule has 2 rings (SSSR count). The Morgan fingerprint density at radius 2 is 2.00 bits per heavy atom. The molecule has 0 aromatic rings. The molecule has 1 N–H and O–H groups in total. The van der Waals surface area contributed by atoms with E-state index < -0.39 is 0 Å². The van der Waals surface area contributed by atoms with Gasteiger partial charge < -0.3 is 10.0 Å². The predicted molar refractivity (Wildman–Crippen MR) is 62.8 cm³/mol. The van der Waals surface area contributed by atoms with E-state index in [0.29, 0.717) is 0 Å². The van der Waals surface area contributed by atoms with E-state index in [9.17, 15) is 5.11 Å². The molecule has 1 aliphatic carbocycles. The highest BCUT2D eigenvalue weighted by Gasteiger charge is 2.26. The molecule has 1 heterocycles. The lowest BCUT2D eigenvalue weighted by Gasteiger charge is -2.31. The van der Waals surface area contributed by atoms with Gasteiger partial charge in [0.25, 0.3) is 0 Å². The average Bonchev–Trinajstić information content (AvgIpc) is 2.64. The molecule has 0 bridgehead atoms. The van der Waals surface area contributed by atoms with Crippen LogP contribution in [0, 0.1) is 11.8 Å². The summed E-state index contributed by atoms with van der Waals surface area (Å²) >= 11 is 0. The Morgan fingerprint density at radius 1 is 1.20 bits per heavy atom. The quantitative estimate of drug-likeness (QED) is 0.774. The fourth-order valence-corrected chi connectivity index (χ4v) is 3.28. The Hall–Kier alpha value is -0.0800. The van der Waals surface area contributed by atoms with Crippen molar-refractivity contribution in [2.24, 2.45) is 11.8 Å². The second-order valence-electron chi connectivity index (χ2n) is 5.51. The molecule has 0 aromatic heterocycles. The number of hydrogen-bond acceptors (Lipinski definition) is 2. The lowest BCUT2D eigenvalue weighted by atomic mass is 9.80. The maximum Gasteiger partial charge on any atom is 0.0679 e. The van der Waals surface area contributed by atoms with Gasteiger partial charge in [0.05, 0.1) is 6.10 Å². The molecule has 0 aromatic carbocycles. The highest BCUT2D eigenvalue weighted by Crippen LogP contribution is 2.31. The molecule has 3 atom stereocenters. The predicted octanol–water partition coefficient (Wildman–Crippen LogP) is 2.27. The zero-order valence-corrected chi connectivity index (χ0v) is 9.99. The summed E-state index contributed by atoms with van der Waals surface area (Å²) in [6, 6.07) is 0. The topological polar surface area (TPSA) is 23.5 Å². The third kappa shape index (κ3) is 3.18. The van der Waals surface area contributed by atoms with Gasteiger partial charge in [-0.05, 0) is 31.1 Å². The summed E-state index contributed by atoms with van der Waals surface area (Å²) in [7, 11) is 0. The van der Waals surface area contributed by atoms with Crippen LogP contribution in [-0.2, 0) is 0 Å². The van der Waals surface area contributed by atoms with Crippen molar-refractivity contribution in [2.75, 3.05) is 19.6 Å². The first kappa shape index (κ1) is 11.4. The molecule has 2 nitrogen and oxygen atoms in total. The first-order valence-corrected chi connectivity index (χ1v) is 6.68. The summed E-state index contributed by atoms with van der Waals surface area (Å²) < 4.78 is 0. The smallest absolute Gasteiger partial charge is 0.0679 e. The number of hydrogen-bond donors (Lipinski definition) is 1. The fraction of sp³-hybridized carbons (Fsp3) is 1.00. The van der Waals surface area contributed by atoms with Crippen molar-refractivity contribution >= 4 is 0 Å². The Morgan fingerprint density at radius 3 is 2.67 bits per heavy atom. The SMILES string of the molecule is CCC1CCCC(CN2CC[C@@H](O)C2)C1. The van der Waals surface area contributed by atoms with Crippen LogP contribution in [-0.4, -0.2) is 35.7 Å². The number of β-amino-alcohol motifs (C(OH)–C–C–N with tert-alkyl or cyclic N) is 1. The third-order valence-electron chi connectivity index (χ3n) is 4.23. The summed E-state index contributed by atoms with van der Waals surface area (Å²) in [5.41, 5.74) is 0. The summed E-state index contributed by atoms with van der Waals surface area (Å²) in [5, 5.41) is 9.49. The van der Waals surface area contributed by atoms with E-state index in [-0.39, 0.29) is 6.10 Å². The second-order valence-corrected chi connectivity index (χ2v) is 5.51. The van der Waals surface area contributed by atoms with Gasteiger partial charge in [-0.1, -0.05) is 26.2 Å². The molecule has 88 valence electrons. The highest BCUT2D eigenvalue weighted by atomic mass is 16.3. The first-order valence-electron chi connectivity index (χ1n) is 6.68. The minimum atomic E-state index is -0.0458. The van der Waals surface area contributed by atoms with E-state index >= 15 is 0 Å². The zero-order chi connectivity index (χ0) is 10.7. The Balaban J connectivity index is 1.74. The van der Waals surface area contributed by atoms with Crippen molar-refractivity contribution in [2.45, 2.75) is 51.6 Å². The fourth-order valence-electron chi connectivity index (χ4n) is 3.28. The van der Waals surface area contributed by atoms with E-state index in [1.54, 1.807) is 0 Å². The van der Waals surface area contributed by atoms with Crippen LogP contribution in [0.1, 0.15) is 45.4 Å². The molecular formula is C13H25NO. The average molecular weight is 211 g/mol. The van der Waals surface area contributed by atoms with E-state index in [1.165, 1.54) is 38.6 Å². The number of aliphatic hydroxyl groups is 1. The van der Waals surface area contributed by atoms with Crippen LogP contribution in [0.3, 0.4) is 0 Å². The molecular weight excluding hydrogens is 186 g/mol. The Kier molecular flexibility index (Phi) is 4.04. The lowest BCUT2D eigenvalue weighted by Crippen LogP contribution is -2.31. The van der Waals surface area contributed by atoms with Gasteiger partial charge in [0, 0.05) is 19.6 Å². The van der Waals surface area contributed by atoms with E-state index in [4.69, 9.17) is 0 Å². The highest BCUT2D eigenvalue weighted by molar-refractivity contribution is 4.80. The Bertz CT molecular complexity index is 195.